The normalized spacial score (nSPS) is 28.1. The molecular formula is C23H29N5O. The van der Waals surface area contributed by atoms with Crippen LogP contribution < -0.4 is 4.90 Å². The molecule has 0 radical (unpaired) electrons. The number of aromatic nitrogens is 4. The van der Waals surface area contributed by atoms with E-state index in [2.05, 4.69) is 14.6 Å². The molecule has 3 fully saturated rings. The van der Waals surface area contributed by atoms with Crippen molar-refractivity contribution in [3.8, 4) is 11.4 Å². The molecule has 29 heavy (non-hydrogen) atoms. The second-order valence-corrected chi connectivity index (χ2v) is 9.49. The minimum Gasteiger partial charge on any atom is -0.277 e. The van der Waals surface area contributed by atoms with Gasteiger partial charge in [0.25, 0.3) is 0 Å². The Bertz CT molecular complexity index is 913. The molecule has 1 amide bonds. The first-order valence-electron chi connectivity index (χ1n) is 11.5. The average Bonchev–Trinajstić information content (AvgIpc) is 3.54. The summed E-state index contributed by atoms with van der Waals surface area (Å²) < 4.78 is 2.21. The molecule has 2 atom stereocenters. The van der Waals surface area contributed by atoms with E-state index in [1.807, 2.05) is 18.3 Å². The Morgan fingerprint density at radius 2 is 1.86 bits per heavy atom. The van der Waals surface area contributed by atoms with Gasteiger partial charge in [0.1, 0.15) is 0 Å². The highest BCUT2D eigenvalue weighted by Gasteiger charge is 2.56. The van der Waals surface area contributed by atoms with Crippen LogP contribution in [-0.2, 0) is 10.3 Å². The highest BCUT2D eigenvalue weighted by atomic mass is 16.2. The van der Waals surface area contributed by atoms with Crippen LogP contribution in [0.25, 0.3) is 11.4 Å². The van der Waals surface area contributed by atoms with Crippen molar-refractivity contribution in [2.75, 3.05) is 4.90 Å². The van der Waals surface area contributed by atoms with E-state index in [1.165, 1.54) is 51.4 Å². The van der Waals surface area contributed by atoms with E-state index < -0.39 is 0 Å². The van der Waals surface area contributed by atoms with Gasteiger partial charge in [-0.2, -0.15) is 4.98 Å². The lowest BCUT2D eigenvalue weighted by atomic mass is 9.64. The van der Waals surface area contributed by atoms with Gasteiger partial charge in [-0.05, 0) is 50.7 Å². The molecule has 1 aliphatic heterocycles. The van der Waals surface area contributed by atoms with Crippen molar-refractivity contribution in [2.45, 2.75) is 82.2 Å². The molecule has 3 aliphatic carbocycles. The van der Waals surface area contributed by atoms with Gasteiger partial charge in [0.2, 0.25) is 11.9 Å². The van der Waals surface area contributed by atoms with Crippen LogP contribution in [0.1, 0.15) is 70.6 Å². The Labute approximate surface area is 171 Å². The van der Waals surface area contributed by atoms with Gasteiger partial charge in [-0.15, -0.1) is 5.10 Å². The number of hydrogen-bond acceptors (Lipinski definition) is 4. The van der Waals surface area contributed by atoms with Crippen molar-refractivity contribution in [3.63, 3.8) is 0 Å². The molecule has 1 spiro atoms. The largest absolute Gasteiger partial charge is 0.277 e. The van der Waals surface area contributed by atoms with E-state index in [0.29, 0.717) is 23.7 Å². The van der Waals surface area contributed by atoms with Crippen molar-refractivity contribution < 1.29 is 4.79 Å². The number of fused-ring (bicyclic) bond motifs is 4. The van der Waals surface area contributed by atoms with Gasteiger partial charge >= 0.3 is 0 Å². The summed E-state index contributed by atoms with van der Waals surface area (Å²) in [6.45, 7) is 0. The van der Waals surface area contributed by atoms with Gasteiger partial charge in [0, 0.05) is 35.8 Å². The zero-order valence-corrected chi connectivity index (χ0v) is 17.0. The molecule has 6 heteroatoms. The highest BCUT2D eigenvalue weighted by Crippen LogP contribution is 2.53. The third-order valence-corrected chi connectivity index (χ3v) is 7.78. The fraction of sp³-hybridized carbons (Fsp3) is 0.652. The van der Waals surface area contributed by atoms with Crippen molar-refractivity contribution in [1.29, 1.82) is 0 Å². The molecule has 6 rings (SSSR count). The van der Waals surface area contributed by atoms with Crippen molar-refractivity contribution >= 4 is 11.9 Å². The maximum absolute atomic E-state index is 13.4. The van der Waals surface area contributed by atoms with E-state index in [1.54, 1.807) is 6.20 Å². The number of rotatable bonds is 2. The number of nitrogens with zero attached hydrogens (tertiary/aromatic N) is 5. The number of carbonyl (C=O) groups excluding carboxylic acids is 1. The molecule has 2 aromatic heterocycles. The van der Waals surface area contributed by atoms with Crippen LogP contribution in [0.2, 0.25) is 0 Å². The Morgan fingerprint density at radius 1 is 1.03 bits per heavy atom. The SMILES string of the molecule is O=C(C1CC1)N1c2nc(-c3cccnc3)nn2C2(CCCCC2)[C@@H]2CCCC[C@@H]21. The highest BCUT2D eigenvalue weighted by molar-refractivity contribution is 5.96. The molecule has 2 aromatic rings. The van der Waals surface area contributed by atoms with Crippen LogP contribution in [-0.4, -0.2) is 31.7 Å². The third kappa shape index (κ3) is 2.67. The molecular weight excluding hydrogens is 362 g/mol. The summed E-state index contributed by atoms with van der Waals surface area (Å²) in [6, 6.07) is 4.24. The van der Waals surface area contributed by atoms with Crippen molar-refractivity contribution in [3.05, 3.63) is 24.5 Å². The fourth-order valence-electron chi connectivity index (χ4n) is 6.26. The van der Waals surface area contributed by atoms with E-state index in [4.69, 9.17) is 10.1 Å². The quantitative estimate of drug-likeness (QED) is 0.765. The smallest absolute Gasteiger partial charge is 0.232 e. The number of carbonyl (C=O) groups is 1. The molecule has 6 nitrogen and oxygen atoms in total. The summed E-state index contributed by atoms with van der Waals surface area (Å²) in [6.07, 6.45) is 16.6. The first kappa shape index (κ1) is 17.6. The Morgan fingerprint density at radius 3 is 2.62 bits per heavy atom. The summed E-state index contributed by atoms with van der Waals surface area (Å²) in [5.41, 5.74) is 0.967. The average molecular weight is 392 g/mol. The lowest BCUT2D eigenvalue weighted by Gasteiger charge is -2.55. The summed E-state index contributed by atoms with van der Waals surface area (Å²) in [5, 5.41) is 5.07. The van der Waals surface area contributed by atoms with E-state index in [-0.39, 0.29) is 11.5 Å². The zero-order chi connectivity index (χ0) is 19.4. The fourth-order valence-corrected chi connectivity index (χ4v) is 6.26. The second kappa shape index (κ2) is 6.64. The van der Waals surface area contributed by atoms with Gasteiger partial charge in [0.15, 0.2) is 5.82 Å². The first-order valence-corrected chi connectivity index (χ1v) is 11.5. The first-order chi connectivity index (χ1) is 14.3. The topological polar surface area (TPSA) is 63.9 Å². The number of hydrogen-bond donors (Lipinski definition) is 0. The van der Waals surface area contributed by atoms with E-state index in [9.17, 15) is 4.79 Å². The Hall–Kier alpha value is -2.24. The van der Waals surface area contributed by atoms with Gasteiger partial charge in [0.05, 0.1) is 5.54 Å². The molecule has 0 saturated heterocycles. The van der Waals surface area contributed by atoms with Crippen LogP contribution in [0.4, 0.5) is 5.95 Å². The monoisotopic (exact) mass is 391 g/mol. The van der Waals surface area contributed by atoms with Crippen LogP contribution in [0, 0.1) is 11.8 Å². The zero-order valence-electron chi connectivity index (χ0n) is 17.0. The lowest BCUT2D eigenvalue weighted by Crippen LogP contribution is -2.61. The Balaban J connectivity index is 1.54. The predicted octanol–water partition coefficient (Wildman–Crippen LogP) is 4.31. The van der Waals surface area contributed by atoms with Crippen LogP contribution in [0.15, 0.2) is 24.5 Å². The number of anilines is 1. The molecule has 3 heterocycles. The van der Waals surface area contributed by atoms with Crippen molar-refractivity contribution in [1.82, 2.24) is 19.7 Å². The van der Waals surface area contributed by atoms with E-state index in [0.717, 1.165) is 30.8 Å². The predicted molar refractivity (Wildman–Crippen MR) is 110 cm³/mol. The minimum atomic E-state index is 0.0342. The van der Waals surface area contributed by atoms with Crippen molar-refractivity contribution in [2.24, 2.45) is 11.8 Å². The summed E-state index contributed by atoms with van der Waals surface area (Å²) in [5.74, 6) is 2.52. The van der Waals surface area contributed by atoms with Crippen LogP contribution in [0.5, 0.6) is 0 Å². The maximum Gasteiger partial charge on any atom is 0.232 e. The Kier molecular flexibility index (Phi) is 4.03. The van der Waals surface area contributed by atoms with Crippen LogP contribution >= 0.6 is 0 Å². The molecule has 4 aliphatic rings. The summed E-state index contributed by atoms with van der Waals surface area (Å²) in [4.78, 5) is 24.8. The van der Waals surface area contributed by atoms with Gasteiger partial charge in [-0.1, -0.05) is 32.1 Å². The second-order valence-electron chi connectivity index (χ2n) is 9.49. The number of amides is 1. The van der Waals surface area contributed by atoms with Gasteiger partial charge in [-0.3, -0.25) is 14.7 Å². The molecule has 0 N–H and O–H groups in total. The summed E-state index contributed by atoms with van der Waals surface area (Å²) in [7, 11) is 0. The number of pyridine rings is 1. The van der Waals surface area contributed by atoms with Gasteiger partial charge in [-0.25, -0.2) is 4.68 Å². The maximum atomic E-state index is 13.4. The molecule has 0 unspecified atom stereocenters. The molecule has 0 bridgehead atoms. The third-order valence-electron chi connectivity index (χ3n) is 7.78. The van der Waals surface area contributed by atoms with Gasteiger partial charge < -0.3 is 0 Å². The van der Waals surface area contributed by atoms with E-state index >= 15 is 0 Å². The lowest BCUT2D eigenvalue weighted by molar-refractivity contribution is -0.122. The molecule has 0 aromatic carbocycles. The van der Waals surface area contributed by atoms with Crippen LogP contribution in [0.3, 0.4) is 0 Å². The summed E-state index contributed by atoms with van der Waals surface area (Å²) >= 11 is 0. The standard InChI is InChI=1S/C23H29N5O/c29-21(16-10-11-16)27-19-9-3-2-8-18(19)23(12-4-1-5-13-23)28-22(27)25-20(26-28)17-7-6-14-24-15-17/h6-7,14-16,18-19H,1-5,8-13H2/t18-,19+/m1/s1. The molecule has 152 valence electrons. The minimum absolute atomic E-state index is 0.0342. The molecule has 3 saturated carbocycles.